The third kappa shape index (κ3) is 5.12. The smallest absolute Gasteiger partial charge is 0.387 e. The Morgan fingerprint density at radius 1 is 1.33 bits per heavy atom. The first-order valence-corrected chi connectivity index (χ1v) is 7.89. The van der Waals surface area contributed by atoms with Gasteiger partial charge in [-0.05, 0) is 19.1 Å². The maximum atomic E-state index is 13.9. The fourth-order valence-corrected chi connectivity index (χ4v) is 2.68. The van der Waals surface area contributed by atoms with Crippen LogP contribution in [-0.4, -0.2) is 24.6 Å². The largest absolute Gasteiger partial charge is 0.434 e. The van der Waals surface area contributed by atoms with Crippen LogP contribution in [0.15, 0.2) is 29.4 Å². The van der Waals surface area contributed by atoms with E-state index >= 15 is 0 Å². The molecule has 0 spiro atoms. The molecule has 130 valence electrons. The van der Waals surface area contributed by atoms with Gasteiger partial charge in [0.1, 0.15) is 16.6 Å². The van der Waals surface area contributed by atoms with Crippen molar-refractivity contribution in [1.82, 2.24) is 15.6 Å². The topological polar surface area (TPSA) is 58.5 Å². The van der Waals surface area contributed by atoms with Gasteiger partial charge in [-0.15, -0.1) is 11.3 Å². The predicted molar refractivity (Wildman–Crippen MR) is 86.9 cm³/mol. The maximum Gasteiger partial charge on any atom is 0.387 e. The first-order chi connectivity index (χ1) is 11.5. The van der Waals surface area contributed by atoms with Gasteiger partial charge in [-0.3, -0.25) is 4.99 Å². The molecule has 0 saturated carbocycles. The van der Waals surface area contributed by atoms with Gasteiger partial charge >= 0.3 is 6.61 Å². The van der Waals surface area contributed by atoms with Crippen LogP contribution in [0, 0.1) is 12.7 Å². The zero-order chi connectivity index (χ0) is 17.5. The molecule has 0 atom stereocenters. The Morgan fingerprint density at radius 2 is 2.08 bits per heavy atom. The van der Waals surface area contributed by atoms with Crippen LogP contribution in [0.5, 0.6) is 5.75 Å². The van der Waals surface area contributed by atoms with Crippen molar-refractivity contribution in [3.63, 3.8) is 0 Å². The van der Waals surface area contributed by atoms with Gasteiger partial charge in [0.05, 0.1) is 6.54 Å². The van der Waals surface area contributed by atoms with Gasteiger partial charge in [-0.2, -0.15) is 8.78 Å². The van der Waals surface area contributed by atoms with Crippen LogP contribution in [0.3, 0.4) is 0 Å². The van der Waals surface area contributed by atoms with Crippen LogP contribution in [0.25, 0.3) is 0 Å². The molecule has 2 rings (SSSR count). The van der Waals surface area contributed by atoms with E-state index in [1.54, 1.807) is 24.6 Å². The summed E-state index contributed by atoms with van der Waals surface area (Å²) in [6, 6.07) is 3.79. The van der Waals surface area contributed by atoms with E-state index in [4.69, 9.17) is 0 Å². The highest BCUT2D eigenvalue weighted by molar-refractivity contribution is 7.11. The van der Waals surface area contributed by atoms with E-state index in [1.165, 1.54) is 18.2 Å². The first kappa shape index (κ1) is 18.1. The molecule has 2 N–H and O–H groups in total. The van der Waals surface area contributed by atoms with Crippen LogP contribution < -0.4 is 15.4 Å². The number of nitrogens with zero attached hydrogens (tertiary/aromatic N) is 2. The van der Waals surface area contributed by atoms with Gasteiger partial charge < -0.3 is 15.4 Å². The van der Waals surface area contributed by atoms with Crippen LogP contribution in [0.4, 0.5) is 13.2 Å². The standard InChI is InChI=1S/C15H17F3N4OS/c1-9-6-20-13(24-9)8-22-15(19-2)21-7-10-11(16)4-3-5-12(10)23-14(17)18/h3-6,14H,7-8H2,1-2H3,(H2,19,21,22). The summed E-state index contributed by atoms with van der Waals surface area (Å²) < 4.78 is 43.0. The number of hydrogen-bond donors (Lipinski definition) is 2. The molecular weight excluding hydrogens is 341 g/mol. The Hall–Kier alpha value is -2.29. The second kappa shape index (κ2) is 8.53. The van der Waals surface area contributed by atoms with Crippen molar-refractivity contribution in [3.05, 3.63) is 45.7 Å². The van der Waals surface area contributed by atoms with E-state index in [2.05, 4.69) is 25.3 Å². The highest BCUT2D eigenvalue weighted by Crippen LogP contribution is 2.23. The molecule has 24 heavy (non-hydrogen) atoms. The second-order valence-electron chi connectivity index (χ2n) is 4.74. The Bertz CT molecular complexity index is 706. The number of ether oxygens (including phenoxy) is 1. The zero-order valence-electron chi connectivity index (χ0n) is 13.1. The van der Waals surface area contributed by atoms with E-state index in [1.807, 2.05) is 6.92 Å². The van der Waals surface area contributed by atoms with E-state index in [0.717, 1.165) is 9.88 Å². The van der Waals surface area contributed by atoms with E-state index < -0.39 is 12.4 Å². The summed E-state index contributed by atoms with van der Waals surface area (Å²) in [7, 11) is 1.56. The fourth-order valence-electron chi connectivity index (χ4n) is 1.95. The number of aliphatic imine (C=N–C) groups is 1. The molecule has 0 unspecified atom stereocenters. The monoisotopic (exact) mass is 358 g/mol. The Morgan fingerprint density at radius 3 is 2.71 bits per heavy atom. The lowest BCUT2D eigenvalue weighted by atomic mass is 10.2. The zero-order valence-corrected chi connectivity index (χ0v) is 14.0. The fraction of sp³-hybridized carbons (Fsp3) is 0.333. The van der Waals surface area contributed by atoms with Crippen molar-refractivity contribution in [2.24, 2.45) is 4.99 Å². The average Bonchev–Trinajstić information content (AvgIpc) is 2.94. The summed E-state index contributed by atoms with van der Waals surface area (Å²) in [5.41, 5.74) is 0.00541. The van der Waals surface area contributed by atoms with E-state index in [-0.39, 0.29) is 17.9 Å². The lowest BCUT2D eigenvalue weighted by Gasteiger charge is -2.14. The number of hydrogen-bond acceptors (Lipinski definition) is 4. The summed E-state index contributed by atoms with van der Waals surface area (Å²) >= 11 is 1.55. The molecule has 0 aliphatic rings. The summed E-state index contributed by atoms with van der Waals surface area (Å²) in [6.07, 6.45) is 1.77. The average molecular weight is 358 g/mol. The SMILES string of the molecule is CN=C(NCc1ncc(C)s1)NCc1c(F)cccc1OC(F)F. The van der Waals surface area contributed by atoms with Crippen molar-refractivity contribution in [3.8, 4) is 5.75 Å². The molecule has 1 heterocycles. The molecule has 9 heteroatoms. The third-order valence-electron chi connectivity index (χ3n) is 3.02. The number of halogens is 3. The summed E-state index contributed by atoms with van der Waals surface area (Å²) in [5, 5.41) is 6.77. The Labute approximate surface area is 141 Å². The molecule has 0 fully saturated rings. The van der Waals surface area contributed by atoms with Gasteiger partial charge in [0.2, 0.25) is 0 Å². The van der Waals surface area contributed by atoms with Gasteiger partial charge in [0.25, 0.3) is 0 Å². The first-order valence-electron chi connectivity index (χ1n) is 7.07. The summed E-state index contributed by atoms with van der Waals surface area (Å²) in [4.78, 5) is 9.31. The molecule has 0 aliphatic heterocycles. The normalized spacial score (nSPS) is 11.7. The highest BCUT2D eigenvalue weighted by Gasteiger charge is 2.14. The lowest BCUT2D eigenvalue weighted by Crippen LogP contribution is -2.36. The summed E-state index contributed by atoms with van der Waals surface area (Å²) in [6.45, 7) is -0.658. The van der Waals surface area contributed by atoms with Crippen molar-refractivity contribution < 1.29 is 17.9 Å². The number of alkyl halides is 2. The molecule has 2 aromatic rings. The molecule has 0 radical (unpaired) electrons. The Kier molecular flexibility index (Phi) is 6.42. The maximum absolute atomic E-state index is 13.9. The van der Waals surface area contributed by atoms with E-state index in [0.29, 0.717) is 12.5 Å². The number of aryl methyl sites for hydroxylation is 1. The molecule has 1 aromatic heterocycles. The number of rotatable bonds is 6. The van der Waals surface area contributed by atoms with Gasteiger partial charge in [0, 0.05) is 30.2 Å². The van der Waals surface area contributed by atoms with Gasteiger partial charge in [-0.1, -0.05) is 6.07 Å². The van der Waals surface area contributed by atoms with Crippen molar-refractivity contribution in [2.75, 3.05) is 7.05 Å². The van der Waals surface area contributed by atoms with Gasteiger partial charge in [-0.25, -0.2) is 9.37 Å². The highest BCUT2D eigenvalue weighted by atomic mass is 32.1. The van der Waals surface area contributed by atoms with Gasteiger partial charge in [0.15, 0.2) is 5.96 Å². The van der Waals surface area contributed by atoms with Crippen molar-refractivity contribution in [1.29, 1.82) is 0 Å². The molecule has 0 aliphatic carbocycles. The van der Waals surface area contributed by atoms with Crippen LogP contribution >= 0.6 is 11.3 Å². The number of nitrogens with one attached hydrogen (secondary N) is 2. The second-order valence-corrected chi connectivity index (χ2v) is 6.06. The summed E-state index contributed by atoms with van der Waals surface area (Å²) in [5.74, 6) is -0.441. The number of benzene rings is 1. The third-order valence-corrected chi connectivity index (χ3v) is 3.94. The number of guanidine groups is 1. The minimum absolute atomic E-state index is 0.00541. The molecule has 0 amide bonds. The molecule has 5 nitrogen and oxygen atoms in total. The quantitative estimate of drug-likeness (QED) is 0.616. The number of aromatic nitrogens is 1. The lowest BCUT2D eigenvalue weighted by molar-refractivity contribution is -0.0506. The minimum atomic E-state index is -3.02. The van der Waals surface area contributed by atoms with Crippen molar-refractivity contribution in [2.45, 2.75) is 26.6 Å². The Balaban J connectivity index is 1.98. The van der Waals surface area contributed by atoms with Crippen LogP contribution in [0.1, 0.15) is 15.4 Å². The molecule has 0 bridgehead atoms. The van der Waals surface area contributed by atoms with Crippen LogP contribution in [0.2, 0.25) is 0 Å². The predicted octanol–water partition coefficient (Wildman–Crippen LogP) is 3.06. The molecule has 0 saturated heterocycles. The van der Waals surface area contributed by atoms with Crippen molar-refractivity contribution >= 4 is 17.3 Å². The number of thiazole rings is 1. The molecule has 1 aromatic carbocycles. The van der Waals surface area contributed by atoms with E-state index in [9.17, 15) is 13.2 Å². The minimum Gasteiger partial charge on any atom is -0.434 e. The van der Waals surface area contributed by atoms with Crippen LogP contribution in [-0.2, 0) is 13.1 Å². The molecular formula is C15H17F3N4OS.